The van der Waals surface area contributed by atoms with E-state index in [1.807, 2.05) is 6.92 Å². The number of carbonyl (C=O) groups is 1. The Kier molecular flexibility index (Phi) is 3.64. The number of rotatable bonds is 3. The normalized spacial score (nSPS) is 19.9. The van der Waals surface area contributed by atoms with Crippen molar-refractivity contribution in [3.63, 3.8) is 0 Å². The summed E-state index contributed by atoms with van der Waals surface area (Å²) >= 11 is 1.34. The summed E-state index contributed by atoms with van der Waals surface area (Å²) in [5.41, 5.74) is 3.87. The molecule has 1 amide bonds. The van der Waals surface area contributed by atoms with Crippen LogP contribution in [0.1, 0.15) is 36.2 Å². The number of aromatic amines is 2. The zero-order valence-corrected chi connectivity index (χ0v) is 14.1. The van der Waals surface area contributed by atoms with Crippen LogP contribution in [-0.2, 0) is 11.2 Å². The van der Waals surface area contributed by atoms with Crippen molar-refractivity contribution in [3.05, 3.63) is 29.3 Å². The number of fused-ring (bicyclic) bond motifs is 1. The number of hydrogen-bond acceptors (Lipinski definition) is 6. The second-order valence-electron chi connectivity index (χ2n) is 6.11. The van der Waals surface area contributed by atoms with Crippen LogP contribution in [0.25, 0.3) is 10.6 Å². The van der Waals surface area contributed by atoms with Gasteiger partial charge in [0.1, 0.15) is 0 Å². The summed E-state index contributed by atoms with van der Waals surface area (Å²) in [6, 6.07) is 0. The minimum atomic E-state index is -0.212. The predicted octanol–water partition coefficient (Wildman–Crippen LogP) is 2.26. The third-order valence-corrected chi connectivity index (χ3v) is 5.38. The molecule has 3 N–H and O–H groups in total. The van der Waals surface area contributed by atoms with Gasteiger partial charge in [-0.05, 0) is 25.7 Å². The van der Waals surface area contributed by atoms with Crippen LogP contribution in [0.15, 0.2) is 12.4 Å². The number of amides is 1. The van der Waals surface area contributed by atoms with Gasteiger partial charge in [0.2, 0.25) is 11.0 Å². The minimum Gasteiger partial charge on any atom is -0.300 e. The summed E-state index contributed by atoms with van der Waals surface area (Å²) in [6.07, 6.45) is 5.36. The molecular weight excluding hydrogens is 326 g/mol. The van der Waals surface area contributed by atoms with Crippen LogP contribution in [0.4, 0.5) is 5.13 Å². The van der Waals surface area contributed by atoms with Crippen LogP contribution in [0, 0.1) is 12.8 Å². The largest absolute Gasteiger partial charge is 0.300 e. The average Bonchev–Trinajstić information content (AvgIpc) is 3.27. The Labute approximate surface area is 142 Å². The molecule has 0 saturated carbocycles. The summed E-state index contributed by atoms with van der Waals surface area (Å²) in [5.74, 6) is -0.00872. The molecule has 1 aliphatic carbocycles. The van der Waals surface area contributed by atoms with Gasteiger partial charge < -0.3 is 0 Å². The number of nitrogens with one attached hydrogen (secondary N) is 3. The quantitative estimate of drug-likeness (QED) is 0.675. The highest BCUT2D eigenvalue weighted by Gasteiger charge is 2.34. The SMILES string of the molecule is Cc1[nH]ncc1-c1nnc(NC(=O)C2c3cn[nH]c3CCC2C)s1. The molecule has 0 bridgehead atoms. The molecule has 0 aliphatic heterocycles. The van der Waals surface area contributed by atoms with Gasteiger partial charge in [-0.2, -0.15) is 10.2 Å². The summed E-state index contributed by atoms with van der Waals surface area (Å²) in [6.45, 7) is 4.02. The Balaban J connectivity index is 1.55. The number of carbonyl (C=O) groups excluding carboxylic acids is 1. The van der Waals surface area contributed by atoms with Gasteiger partial charge in [0.25, 0.3) is 0 Å². The molecule has 2 atom stereocenters. The average molecular weight is 343 g/mol. The van der Waals surface area contributed by atoms with Gasteiger partial charge in [-0.3, -0.25) is 20.3 Å². The van der Waals surface area contributed by atoms with Gasteiger partial charge in [-0.1, -0.05) is 18.3 Å². The molecule has 0 radical (unpaired) electrons. The molecule has 0 spiro atoms. The number of nitrogens with zero attached hydrogens (tertiary/aromatic N) is 4. The fourth-order valence-corrected chi connectivity index (χ4v) is 3.98. The highest BCUT2D eigenvalue weighted by atomic mass is 32.1. The monoisotopic (exact) mass is 343 g/mol. The molecule has 124 valence electrons. The molecule has 1 aliphatic rings. The Morgan fingerprint density at radius 1 is 1.29 bits per heavy atom. The summed E-state index contributed by atoms with van der Waals surface area (Å²) in [5, 5.41) is 26.3. The molecule has 3 heterocycles. The number of hydrogen-bond donors (Lipinski definition) is 3. The van der Waals surface area contributed by atoms with E-state index in [0.29, 0.717) is 5.13 Å². The highest BCUT2D eigenvalue weighted by Crippen LogP contribution is 2.36. The van der Waals surface area contributed by atoms with Crippen molar-refractivity contribution in [1.29, 1.82) is 0 Å². The van der Waals surface area contributed by atoms with E-state index in [1.165, 1.54) is 11.3 Å². The second-order valence-corrected chi connectivity index (χ2v) is 7.09. The lowest BCUT2D eigenvalue weighted by atomic mass is 9.78. The van der Waals surface area contributed by atoms with Crippen molar-refractivity contribution in [3.8, 4) is 10.6 Å². The third kappa shape index (κ3) is 2.50. The molecule has 8 nitrogen and oxygen atoms in total. The van der Waals surface area contributed by atoms with Crippen molar-refractivity contribution < 1.29 is 4.79 Å². The van der Waals surface area contributed by atoms with Gasteiger partial charge in [0, 0.05) is 17.0 Å². The summed E-state index contributed by atoms with van der Waals surface area (Å²) in [4.78, 5) is 12.8. The Bertz CT molecular complexity index is 880. The zero-order chi connectivity index (χ0) is 16.7. The van der Waals surface area contributed by atoms with E-state index in [4.69, 9.17) is 0 Å². The fraction of sp³-hybridized carbons (Fsp3) is 0.400. The van der Waals surface area contributed by atoms with Crippen LogP contribution < -0.4 is 5.32 Å². The van der Waals surface area contributed by atoms with Crippen LogP contribution in [-0.4, -0.2) is 36.5 Å². The Morgan fingerprint density at radius 3 is 2.92 bits per heavy atom. The van der Waals surface area contributed by atoms with Crippen molar-refractivity contribution in [1.82, 2.24) is 30.6 Å². The molecule has 24 heavy (non-hydrogen) atoms. The van der Waals surface area contributed by atoms with E-state index in [9.17, 15) is 4.79 Å². The summed E-state index contributed by atoms with van der Waals surface area (Å²) < 4.78 is 0. The second kappa shape index (κ2) is 5.82. The fourth-order valence-electron chi connectivity index (χ4n) is 3.17. The van der Waals surface area contributed by atoms with E-state index in [-0.39, 0.29) is 17.7 Å². The van der Waals surface area contributed by atoms with Gasteiger partial charge >= 0.3 is 0 Å². The first-order valence-corrected chi connectivity index (χ1v) is 8.62. The number of aromatic nitrogens is 6. The first-order chi connectivity index (χ1) is 11.6. The molecule has 4 rings (SSSR count). The zero-order valence-electron chi connectivity index (χ0n) is 13.3. The highest BCUT2D eigenvalue weighted by molar-refractivity contribution is 7.18. The van der Waals surface area contributed by atoms with Crippen molar-refractivity contribution >= 4 is 22.4 Å². The molecule has 3 aromatic heterocycles. The molecular formula is C15H17N7OS. The summed E-state index contributed by atoms with van der Waals surface area (Å²) in [7, 11) is 0. The Hall–Kier alpha value is -2.55. The van der Waals surface area contributed by atoms with Crippen LogP contribution in [0.5, 0.6) is 0 Å². The van der Waals surface area contributed by atoms with Gasteiger partial charge in [0.15, 0.2) is 5.01 Å². The predicted molar refractivity (Wildman–Crippen MR) is 89.7 cm³/mol. The number of aryl methyl sites for hydroxylation is 2. The van der Waals surface area contributed by atoms with E-state index in [0.717, 1.165) is 40.4 Å². The maximum atomic E-state index is 12.8. The van der Waals surface area contributed by atoms with E-state index in [2.05, 4.69) is 42.8 Å². The van der Waals surface area contributed by atoms with Gasteiger partial charge in [-0.25, -0.2) is 0 Å². The topological polar surface area (TPSA) is 112 Å². The molecule has 0 aromatic carbocycles. The van der Waals surface area contributed by atoms with E-state index < -0.39 is 0 Å². The molecule has 0 saturated heterocycles. The first-order valence-electron chi connectivity index (χ1n) is 7.80. The van der Waals surface area contributed by atoms with E-state index >= 15 is 0 Å². The van der Waals surface area contributed by atoms with Gasteiger partial charge in [0.05, 0.1) is 23.9 Å². The standard InChI is InChI=1S/C15H17N7OS/c1-7-3-4-11-10(6-17-20-11)12(7)13(23)18-15-22-21-14(24-15)9-5-16-19-8(9)2/h5-7,12H,3-4H2,1-2H3,(H,16,19)(H,17,20)(H,18,22,23). The van der Waals surface area contributed by atoms with Crippen LogP contribution >= 0.6 is 11.3 Å². The van der Waals surface area contributed by atoms with Crippen LogP contribution in [0.2, 0.25) is 0 Å². The van der Waals surface area contributed by atoms with Crippen molar-refractivity contribution in [2.45, 2.75) is 32.6 Å². The minimum absolute atomic E-state index is 0.0588. The molecule has 0 fully saturated rings. The van der Waals surface area contributed by atoms with Gasteiger partial charge in [-0.15, -0.1) is 10.2 Å². The third-order valence-electron chi connectivity index (χ3n) is 4.50. The number of H-pyrrole nitrogens is 2. The molecule has 3 aromatic rings. The lowest BCUT2D eigenvalue weighted by Gasteiger charge is -2.27. The lowest BCUT2D eigenvalue weighted by Crippen LogP contribution is -2.29. The lowest BCUT2D eigenvalue weighted by molar-refractivity contribution is -0.118. The maximum Gasteiger partial charge on any atom is 0.234 e. The van der Waals surface area contributed by atoms with Crippen molar-refractivity contribution in [2.75, 3.05) is 5.32 Å². The molecule has 9 heteroatoms. The van der Waals surface area contributed by atoms with E-state index in [1.54, 1.807) is 12.4 Å². The smallest absolute Gasteiger partial charge is 0.234 e. The molecule has 2 unspecified atom stereocenters. The number of anilines is 1. The van der Waals surface area contributed by atoms with Crippen LogP contribution in [0.3, 0.4) is 0 Å². The van der Waals surface area contributed by atoms with Crippen molar-refractivity contribution in [2.24, 2.45) is 5.92 Å². The first kappa shape index (κ1) is 15.0. The Morgan fingerprint density at radius 2 is 2.12 bits per heavy atom. The maximum absolute atomic E-state index is 12.8.